The minimum atomic E-state index is -1.01. The third kappa shape index (κ3) is 2.22. The number of hydrogen-bond donors (Lipinski definition) is 1. The van der Waals surface area contributed by atoms with Crippen molar-refractivity contribution < 1.29 is 8.78 Å². The molecule has 0 aliphatic rings. The van der Waals surface area contributed by atoms with Crippen molar-refractivity contribution >= 4 is 5.69 Å². The maximum Gasteiger partial charge on any atom is 0.187 e. The van der Waals surface area contributed by atoms with E-state index in [1.807, 2.05) is 13.0 Å². The highest BCUT2D eigenvalue weighted by molar-refractivity contribution is 5.66. The second-order valence-electron chi connectivity index (χ2n) is 4.56. The zero-order valence-corrected chi connectivity index (χ0v) is 11.1. The third-order valence-corrected chi connectivity index (χ3v) is 3.13. The van der Waals surface area contributed by atoms with E-state index >= 15 is 0 Å². The van der Waals surface area contributed by atoms with Gasteiger partial charge in [-0.25, -0.2) is 8.78 Å². The Balaban J connectivity index is 2.22. The molecular weight excluding hydrogens is 276 g/mol. The summed E-state index contributed by atoms with van der Waals surface area (Å²) in [6.07, 6.45) is 0. The molecule has 0 saturated heterocycles. The fraction of sp³-hybridized carbons (Fsp3) is 0.0714. The smallest absolute Gasteiger partial charge is 0.187 e. The number of nitrogens with zero attached hydrogens (tertiary/aromatic N) is 4. The second kappa shape index (κ2) is 4.93. The van der Waals surface area contributed by atoms with Crippen LogP contribution in [0.4, 0.5) is 14.5 Å². The Hall–Kier alpha value is -2.83. The fourth-order valence-electron chi connectivity index (χ4n) is 2.05. The van der Waals surface area contributed by atoms with Crippen molar-refractivity contribution in [3.8, 4) is 17.1 Å². The Bertz CT molecular complexity index is 796. The molecule has 0 aliphatic heterocycles. The fourth-order valence-corrected chi connectivity index (χ4v) is 2.05. The molecule has 1 aromatic heterocycles. The molecule has 106 valence electrons. The van der Waals surface area contributed by atoms with Crippen molar-refractivity contribution in [2.45, 2.75) is 6.92 Å². The molecule has 2 N–H and O–H groups in total. The van der Waals surface area contributed by atoms with E-state index in [0.717, 1.165) is 16.3 Å². The van der Waals surface area contributed by atoms with Gasteiger partial charge in [0.2, 0.25) is 0 Å². The molecule has 3 rings (SSSR count). The Labute approximate surface area is 119 Å². The lowest BCUT2D eigenvalue weighted by Crippen LogP contribution is -2.05. The van der Waals surface area contributed by atoms with Crippen LogP contribution in [0, 0.1) is 18.6 Å². The van der Waals surface area contributed by atoms with Gasteiger partial charge in [-0.2, -0.15) is 4.68 Å². The maximum absolute atomic E-state index is 13.9. The monoisotopic (exact) mass is 287 g/mol. The number of hydrogen-bond acceptors (Lipinski definition) is 4. The van der Waals surface area contributed by atoms with E-state index in [9.17, 15) is 8.78 Å². The van der Waals surface area contributed by atoms with Gasteiger partial charge in [-0.1, -0.05) is 12.1 Å². The van der Waals surface area contributed by atoms with Gasteiger partial charge in [0.15, 0.2) is 17.5 Å². The highest BCUT2D eigenvalue weighted by atomic mass is 19.2. The van der Waals surface area contributed by atoms with Crippen LogP contribution in [0.1, 0.15) is 5.56 Å². The number of aromatic nitrogens is 4. The zero-order valence-electron chi connectivity index (χ0n) is 11.1. The average Bonchev–Trinajstić information content (AvgIpc) is 2.93. The maximum atomic E-state index is 13.9. The van der Waals surface area contributed by atoms with Crippen LogP contribution in [-0.2, 0) is 0 Å². The molecule has 0 unspecified atom stereocenters. The minimum absolute atomic E-state index is 0.0585. The van der Waals surface area contributed by atoms with Gasteiger partial charge in [-0.05, 0) is 47.2 Å². The van der Waals surface area contributed by atoms with Gasteiger partial charge in [0.25, 0.3) is 0 Å². The molecule has 5 nitrogen and oxygen atoms in total. The van der Waals surface area contributed by atoms with Crippen molar-refractivity contribution in [2.75, 3.05) is 5.73 Å². The van der Waals surface area contributed by atoms with Crippen LogP contribution in [0.25, 0.3) is 17.1 Å². The highest BCUT2D eigenvalue weighted by Gasteiger charge is 2.17. The predicted octanol–water partition coefficient (Wildman–Crippen LogP) is 2.50. The van der Waals surface area contributed by atoms with Crippen LogP contribution in [0.3, 0.4) is 0 Å². The van der Waals surface area contributed by atoms with Gasteiger partial charge in [0.1, 0.15) is 5.69 Å². The lowest BCUT2D eigenvalue weighted by Gasteiger charge is -2.09. The van der Waals surface area contributed by atoms with Crippen LogP contribution in [0.5, 0.6) is 0 Å². The van der Waals surface area contributed by atoms with Gasteiger partial charge in [0.05, 0.1) is 0 Å². The van der Waals surface area contributed by atoms with Crippen LogP contribution in [-0.4, -0.2) is 20.2 Å². The number of nitrogen functional groups attached to an aromatic ring is 1. The summed E-state index contributed by atoms with van der Waals surface area (Å²) in [6, 6.07) is 9.08. The molecule has 3 aromatic rings. The molecule has 0 bridgehead atoms. The van der Waals surface area contributed by atoms with Crippen LogP contribution >= 0.6 is 0 Å². The lowest BCUT2D eigenvalue weighted by molar-refractivity contribution is 0.501. The van der Waals surface area contributed by atoms with Crippen molar-refractivity contribution in [2.24, 2.45) is 0 Å². The van der Waals surface area contributed by atoms with E-state index in [2.05, 4.69) is 15.5 Å². The number of aryl methyl sites for hydroxylation is 1. The molecule has 7 heteroatoms. The Morgan fingerprint density at radius 1 is 1.14 bits per heavy atom. The molecule has 21 heavy (non-hydrogen) atoms. The molecular formula is C14H11F2N5. The lowest BCUT2D eigenvalue weighted by atomic mass is 10.1. The largest absolute Gasteiger partial charge is 0.399 e. The van der Waals surface area contributed by atoms with Crippen LogP contribution < -0.4 is 5.73 Å². The molecule has 0 aliphatic carbocycles. The van der Waals surface area contributed by atoms with E-state index in [0.29, 0.717) is 17.1 Å². The topological polar surface area (TPSA) is 69.6 Å². The molecule has 0 spiro atoms. The van der Waals surface area contributed by atoms with E-state index in [-0.39, 0.29) is 5.69 Å². The predicted molar refractivity (Wildman–Crippen MR) is 73.7 cm³/mol. The first-order valence-corrected chi connectivity index (χ1v) is 6.17. The van der Waals surface area contributed by atoms with Gasteiger partial charge >= 0.3 is 0 Å². The normalized spacial score (nSPS) is 10.8. The third-order valence-electron chi connectivity index (χ3n) is 3.13. The Morgan fingerprint density at radius 3 is 2.76 bits per heavy atom. The molecule has 0 amide bonds. The van der Waals surface area contributed by atoms with Crippen molar-refractivity contribution in [1.82, 2.24) is 20.2 Å². The average molecular weight is 287 g/mol. The first-order valence-electron chi connectivity index (χ1n) is 6.17. The quantitative estimate of drug-likeness (QED) is 0.735. The number of rotatable bonds is 2. The SMILES string of the molecule is Cc1ccc(N)cc1-c1nnnn1-c1cccc(F)c1F. The standard InChI is InChI=1S/C14H11F2N5/c1-8-5-6-9(17)7-10(8)14-18-19-20-21(14)12-4-2-3-11(15)13(12)16/h2-7H,17H2,1H3. The number of halogens is 2. The van der Waals surface area contributed by atoms with E-state index < -0.39 is 11.6 Å². The van der Waals surface area contributed by atoms with E-state index in [1.165, 1.54) is 12.1 Å². The summed E-state index contributed by atoms with van der Waals surface area (Å²) in [7, 11) is 0. The molecule has 0 fully saturated rings. The van der Waals surface area contributed by atoms with Gasteiger partial charge in [-0.3, -0.25) is 0 Å². The Morgan fingerprint density at radius 2 is 1.95 bits per heavy atom. The van der Waals surface area contributed by atoms with E-state index in [1.54, 1.807) is 12.1 Å². The summed E-state index contributed by atoms with van der Waals surface area (Å²) in [5, 5.41) is 11.2. The van der Waals surface area contributed by atoms with Crippen LogP contribution in [0.2, 0.25) is 0 Å². The number of tetrazole rings is 1. The number of benzene rings is 2. The van der Waals surface area contributed by atoms with Gasteiger partial charge in [0, 0.05) is 11.3 Å². The highest BCUT2D eigenvalue weighted by Crippen LogP contribution is 2.26. The van der Waals surface area contributed by atoms with Gasteiger partial charge < -0.3 is 5.73 Å². The molecule has 1 heterocycles. The summed E-state index contributed by atoms with van der Waals surface area (Å²) < 4.78 is 28.4. The van der Waals surface area contributed by atoms with Crippen molar-refractivity contribution in [1.29, 1.82) is 0 Å². The molecule has 0 saturated carbocycles. The van der Waals surface area contributed by atoms with Crippen molar-refractivity contribution in [3.63, 3.8) is 0 Å². The van der Waals surface area contributed by atoms with Crippen LogP contribution in [0.15, 0.2) is 36.4 Å². The first kappa shape index (κ1) is 13.2. The second-order valence-corrected chi connectivity index (χ2v) is 4.56. The molecule has 0 atom stereocenters. The first-order chi connectivity index (χ1) is 10.1. The van der Waals surface area contributed by atoms with Gasteiger partial charge in [-0.15, -0.1) is 5.10 Å². The number of anilines is 1. The van der Waals surface area contributed by atoms with Crippen molar-refractivity contribution in [3.05, 3.63) is 53.6 Å². The van der Waals surface area contributed by atoms with E-state index in [4.69, 9.17) is 5.73 Å². The summed E-state index contributed by atoms with van der Waals surface area (Å²) in [5.41, 5.74) is 7.77. The summed E-state index contributed by atoms with van der Waals surface area (Å²) in [5.74, 6) is -1.67. The summed E-state index contributed by atoms with van der Waals surface area (Å²) in [4.78, 5) is 0. The number of nitrogens with two attached hydrogens (primary N) is 1. The Kier molecular flexibility index (Phi) is 3.09. The minimum Gasteiger partial charge on any atom is -0.399 e. The summed E-state index contributed by atoms with van der Waals surface area (Å²) in [6.45, 7) is 1.86. The molecule has 0 radical (unpaired) electrons. The molecule has 2 aromatic carbocycles. The summed E-state index contributed by atoms with van der Waals surface area (Å²) >= 11 is 0. The zero-order chi connectivity index (χ0) is 15.0.